The van der Waals surface area contributed by atoms with E-state index in [-0.39, 0.29) is 11.8 Å². The van der Waals surface area contributed by atoms with E-state index in [4.69, 9.17) is 0 Å². The highest BCUT2D eigenvalue weighted by molar-refractivity contribution is 7.15. The van der Waals surface area contributed by atoms with E-state index in [1.165, 1.54) is 4.88 Å². The van der Waals surface area contributed by atoms with Crippen molar-refractivity contribution in [3.8, 4) is 5.00 Å². The van der Waals surface area contributed by atoms with Crippen LogP contribution in [0, 0.1) is 13.8 Å². The lowest BCUT2D eigenvalue weighted by Crippen LogP contribution is -2.42. The number of aromatic nitrogens is 1. The minimum atomic E-state index is -0.326. The summed E-state index contributed by atoms with van der Waals surface area (Å²) >= 11 is 1.70. The maximum atomic E-state index is 13.1. The molecular weight excluding hydrogens is 370 g/mol. The van der Waals surface area contributed by atoms with Gasteiger partial charge in [-0.05, 0) is 69.4 Å². The van der Waals surface area contributed by atoms with E-state index in [9.17, 15) is 9.59 Å². The molecule has 0 bridgehead atoms. The summed E-state index contributed by atoms with van der Waals surface area (Å²) in [5.41, 5.74) is 9.70. The van der Waals surface area contributed by atoms with Crippen LogP contribution in [-0.2, 0) is 12.8 Å². The van der Waals surface area contributed by atoms with E-state index < -0.39 is 0 Å². The number of aryl methyl sites for hydroxylation is 3. The summed E-state index contributed by atoms with van der Waals surface area (Å²) in [6, 6.07) is 13.0. The third-order valence-electron chi connectivity index (χ3n) is 5.18. The quantitative estimate of drug-likeness (QED) is 0.658. The second-order valence-electron chi connectivity index (χ2n) is 7.12. The molecule has 1 aliphatic carbocycles. The molecule has 2 amide bonds. The second kappa shape index (κ2) is 7.64. The Bertz CT molecular complexity index is 1010. The van der Waals surface area contributed by atoms with Gasteiger partial charge in [-0.2, -0.15) is 0 Å². The zero-order valence-electron chi connectivity index (χ0n) is 16.0. The van der Waals surface area contributed by atoms with E-state index in [0.717, 1.165) is 47.6 Å². The Morgan fingerprint density at radius 2 is 1.54 bits per heavy atom. The molecular formula is C22H23N3O2S. The molecule has 6 heteroatoms. The second-order valence-corrected chi connectivity index (χ2v) is 8.20. The summed E-state index contributed by atoms with van der Waals surface area (Å²) in [5.74, 6) is -0.584. The Balaban J connectivity index is 1.65. The van der Waals surface area contributed by atoms with Gasteiger partial charge in [0.25, 0.3) is 11.8 Å². The first-order valence-corrected chi connectivity index (χ1v) is 10.3. The summed E-state index contributed by atoms with van der Waals surface area (Å²) in [5, 5.41) is 0.943. The largest absolute Gasteiger partial charge is 0.309 e. The van der Waals surface area contributed by atoms with Crippen molar-refractivity contribution in [2.45, 2.75) is 39.5 Å². The highest BCUT2D eigenvalue weighted by atomic mass is 32.1. The maximum absolute atomic E-state index is 13.1. The van der Waals surface area contributed by atoms with Gasteiger partial charge >= 0.3 is 0 Å². The lowest BCUT2D eigenvalue weighted by molar-refractivity contribution is 0.0846. The van der Waals surface area contributed by atoms with Crippen LogP contribution >= 0.6 is 11.3 Å². The molecule has 0 saturated carbocycles. The molecule has 2 aromatic heterocycles. The predicted octanol–water partition coefficient (Wildman–Crippen LogP) is 4.11. The number of nitrogens with one attached hydrogen (secondary N) is 2. The van der Waals surface area contributed by atoms with Crippen LogP contribution in [0.25, 0.3) is 5.00 Å². The Kier molecular flexibility index (Phi) is 5.05. The number of fused-ring (bicyclic) bond motifs is 1. The number of carbonyl (C=O) groups is 2. The van der Waals surface area contributed by atoms with E-state index in [2.05, 4.69) is 27.6 Å². The fourth-order valence-electron chi connectivity index (χ4n) is 3.77. The molecule has 0 unspecified atom stereocenters. The van der Waals surface area contributed by atoms with E-state index >= 15 is 0 Å². The summed E-state index contributed by atoms with van der Waals surface area (Å²) in [6.07, 6.45) is 4.16. The van der Waals surface area contributed by atoms with Crippen LogP contribution in [-0.4, -0.2) is 16.4 Å². The molecule has 0 spiro atoms. The van der Waals surface area contributed by atoms with Gasteiger partial charge in [0.05, 0.1) is 5.56 Å². The van der Waals surface area contributed by atoms with Gasteiger partial charge in [-0.1, -0.05) is 18.2 Å². The van der Waals surface area contributed by atoms with Crippen LogP contribution in [0.1, 0.15) is 55.4 Å². The number of nitrogens with zero attached hydrogens (tertiary/aromatic N) is 1. The van der Waals surface area contributed by atoms with E-state index in [1.54, 1.807) is 35.6 Å². The Morgan fingerprint density at radius 3 is 2.25 bits per heavy atom. The zero-order chi connectivity index (χ0) is 19.7. The van der Waals surface area contributed by atoms with Gasteiger partial charge in [-0.25, -0.2) is 0 Å². The fraction of sp³-hybridized carbons (Fsp3) is 0.273. The van der Waals surface area contributed by atoms with E-state index in [1.807, 2.05) is 19.9 Å². The van der Waals surface area contributed by atoms with Crippen molar-refractivity contribution >= 4 is 23.2 Å². The molecule has 0 radical (unpaired) electrons. The number of hydrazine groups is 1. The monoisotopic (exact) mass is 393 g/mol. The Morgan fingerprint density at radius 1 is 0.893 bits per heavy atom. The molecule has 0 aliphatic heterocycles. The van der Waals surface area contributed by atoms with Crippen molar-refractivity contribution in [1.82, 2.24) is 15.4 Å². The predicted molar refractivity (Wildman–Crippen MR) is 111 cm³/mol. The average Bonchev–Trinajstić information content (AvgIpc) is 3.25. The van der Waals surface area contributed by atoms with Crippen LogP contribution in [0.5, 0.6) is 0 Å². The molecule has 2 N–H and O–H groups in total. The first kappa shape index (κ1) is 18.5. The van der Waals surface area contributed by atoms with Gasteiger partial charge in [0.1, 0.15) is 5.00 Å². The van der Waals surface area contributed by atoms with Crippen molar-refractivity contribution in [2.75, 3.05) is 0 Å². The third-order valence-corrected chi connectivity index (χ3v) is 6.46. The van der Waals surface area contributed by atoms with Crippen molar-refractivity contribution in [2.24, 2.45) is 0 Å². The number of amides is 2. The number of benzene rings is 1. The minimum absolute atomic E-state index is 0.258. The molecule has 2 heterocycles. The molecule has 0 atom stereocenters. The van der Waals surface area contributed by atoms with Crippen LogP contribution in [0.2, 0.25) is 0 Å². The van der Waals surface area contributed by atoms with Crippen molar-refractivity contribution in [3.63, 3.8) is 0 Å². The number of carbonyl (C=O) groups excluding carboxylic acids is 2. The molecule has 3 aromatic rings. The number of hydrogen-bond acceptors (Lipinski definition) is 3. The van der Waals surface area contributed by atoms with Gasteiger partial charge in [-0.15, -0.1) is 11.3 Å². The topological polar surface area (TPSA) is 63.1 Å². The summed E-state index contributed by atoms with van der Waals surface area (Å²) in [7, 11) is 0. The molecule has 28 heavy (non-hydrogen) atoms. The standard InChI is InChI=1S/C22H23N3O2S/c1-14-12-13-15(2)25(14)22-19(17-10-6-7-11-18(17)28-22)21(27)24-23-20(26)16-8-4-3-5-9-16/h3-5,8-9,12-13H,6-7,10-11H2,1-2H3,(H,23,26)(H,24,27). The lowest BCUT2D eigenvalue weighted by Gasteiger charge is -2.14. The molecule has 144 valence electrons. The molecule has 5 nitrogen and oxygen atoms in total. The van der Waals surface area contributed by atoms with Gasteiger partial charge < -0.3 is 4.57 Å². The smallest absolute Gasteiger partial charge is 0.273 e. The van der Waals surface area contributed by atoms with Crippen molar-refractivity contribution in [1.29, 1.82) is 0 Å². The number of thiophene rings is 1. The highest BCUT2D eigenvalue weighted by Crippen LogP contribution is 2.38. The first-order valence-electron chi connectivity index (χ1n) is 9.52. The normalized spacial score (nSPS) is 13.1. The fourth-order valence-corrected chi connectivity index (χ4v) is 5.27. The van der Waals surface area contributed by atoms with Gasteiger partial charge in [0.15, 0.2) is 0 Å². The molecule has 4 rings (SSSR count). The van der Waals surface area contributed by atoms with Crippen molar-refractivity contribution < 1.29 is 9.59 Å². The maximum Gasteiger partial charge on any atom is 0.273 e. The molecule has 1 aromatic carbocycles. The zero-order valence-corrected chi connectivity index (χ0v) is 16.9. The third kappa shape index (κ3) is 3.36. The van der Waals surface area contributed by atoms with Crippen LogP contribution in [0.15, 0.2) is 42.5 Å². The first-order chi connectivity index (χ1) is 13.6. The van der Waals surface area contributed by atoms with Crippen LogP contribution in [0.4, 0.5) is 0 Å². The van der Waals surface area contributed by atoms with Crippen LogP contribution in [0.3, 0.4) is 0 Å². The van der Waals surface area contributed by atoms with E-state index in [0.29, 0.717) is 11.1 Å². The SMILES string of the molecule is Cc1ccc(C)n1-c1sc2c(c1C(=O)NNC(=O)c1ccccc1)CCCC2. The Labute approximate surface area is 168 Å². The summed E-state index contributed by atoms with van der Waals surface area (Å²) in [4.78, 5) is 26.7. The van der Waals surface area contributed by atoms with Crippen LogP contribution < -0.4 is 10.9 Å². The molecule has 0 saturated heterocycles. The lowest BCUT2D eigenvalue weighted by atomic mass is 9.95. The minimum Gasteiger partial charge on any atom is -0.309 e. The van der Waals surface area contributed by atoms with Gasteiger partial charge in [-0.3, -0.25) is 20.4 Å². The highest BCUT2D eigenvalue weighted by Gasteiger charge is 2.27. The van der Waals surface area contributed by atoms with Gasteiger partial charge in [0, 0.05) is 21.8 Å². The molecule has 1 aliphatic rings. The Hall–Kier alpha value is -2.86. The van der Waals surface area contributed by atoms with Crippen molar-refractivity contribution in [3.05, 3.63) is 75.4 Å². The average molecular weight is 394 g/mol. The van der Waals surface area contributed by atoms with Gasteiger partial charge in [0.2, 0.25) is 0 Å². The molecule has 0 fully saturated rings. The number of hydrogen-bond donors (Lipinski definition) is 2. The summed E-state index contributed by atoms with van der Waals surface area (Å²) in [6.45, 7) is 4.09. The number of rotatable bonds is 3. The summed E-state index contributed by atoms with van der Waals surface area (Å²) < 4.78 is 2.14.